The number of aromatic nitrogens is 1. The normalized spacial score (nSPS) is 16.1. The van der Waals surface area contributed by atoms with Crippen molar-refractivity contribution >= 4 is 28.2 Å². The van der Waals surface area contributed by atoms with Crippen LogP contribution in [0.1, 0.15) is 64.1 Å². The van der Waals surface area contributed by atoms with Crippen molar-refractivity contribution in [3.05, 3.63) is 57.7 Å². The van der Waals surface area contributed by atoms with Gasteiger partial charge in [-0.3, -0.25) is 9.59 Å². The van der Waals surface area contributed by atoms with Crippen molar-refractivity contribution in [2.75, 3.05) is 5.32 Å². The van der Waals surface area contributed by atoms with Gasteiger partial charge in [-0.15, -0.1) is 11.3 Å². The third-order valence-electron chi connectivity index (χ3n) is 6.10. The number of nitrogens with zero attached hydrogens (tertiary/aromatic N) is 1. The summed E-state index contributed by atoms with van der Waals surface area (Å²) in [4.78, 5) is 26.7. The fraction of sp³-hybridized carbons (Fsp3) is 0.375. The van der Waals surface area contributed by atoms with E-state index in [-0.39, 0.29) is 11.3 Å². The minimum absolute atomic E-state index is 0.183. The monoisotopic (exact) mass is 437 g/mol. The number of primary amides is 1. The average Bonchev–Trinajstić information content (AvgIpc) is 3.27. The molecule has 2 amide bonds. The van der Waals surface area contributed by atoms with Crippen LogP contribution < -0.4 is 11.1 Å². The molecule has 1 aromatic carbocycles. The molecule has 4 rings (SSSR count). The molecule has 1 aliphatic rings. The number of amides is 2. The van der Waals surface area contributed by atoms with Crippen LogP contribution in [0.15, 0.2) is 34.9 Å². The van der Waals surface area contributed by atoms with E-state index in [4.69, 9.17) is 10.3 Å². The van der Waals surface area contributed by atoms with Gasteiger partial charge in [0.15, 0.2) is 0 Å². The zero-order valence-electron chi connectivity index (χ0n) is 18.2. The lowest BCUT2D eigenvalue weighted by Crippen LogP contribution is -2.27. The Morgan fingerprint density at radius 2 is 1.90 bits per heavy atom. The lowest BCUT2D eigenvalue weighted by atomic mass is 9.72. The molecule has 0 saturated carbocycles. The Hall–Kier alpha value is -2.93. The Morgan fingerprint density at radius 1 is 1.19 bits per heavy atom. The van der Waals surface area contributed by atoms with Gasteiger partial charge in [-0.25, -0.2) is 0 Å². The summed E-state index contributed by atoms with van der Waals surface area (Å²) in [5.41, 5.74) is 8.97. The van der Waals surface area contributed by atoms with E-state index >= 15 is 0 Å². The Labute approximate surface area is 185 Å². The summed E-state index contributed by atoms with van der Waals surface area (Å²) < 4.78 is 5.32. The highest BCUT2D eigenvalue weighted by molar-refractivity contribution is 7.17. The molecule has 6 nitrogen and oxygen atoms in total. The number of fused-ring (bicyclic) bond motifs is 1. The number of rotatable bonds is 4. The fourth-order valence-electron chi connectivity index (χ4n) is 4.27. The molecule has 2 aromatic heterocycles. The number of nitrogens with two attached hydrogens (primary N) is 1. The first-order valence-electron chi connectivity index (χ1n) is 10.4. The molecule has 1 aliphatic carbocycles. The number of carbonyl (C=O) groups excluding carboxylic acids is 2. The van der Waals surface area contributed by atoms with Crippen LogP contribution in [0.25, 0.3) is 11.3 Å². The Kier molecular flexibility index (Phi) is 5.47. The van der Waals surface area contributed by atoms with Gasteiger partial charge < -0.3 is 15.6 Å². The molecular formula is C24H27N3O3S. The van der Waals surface area contributed by atoms with E-state index in [0.717, 1.165) is 35.3 Å². The van der Waals surface area contributed by atoms with Gasteiger partial charge in [0.2, 0.25) is 0 Å². The van der Waals surface area contributed by atoms with E-state index in [0.29, 0.717) is 33.5 Å². The van der Waals surface area contributed by atoms with Gasteiger partial charge in [0.25, 0.3) is 11.8 Å². The number of carbonyl (C=O) groups is 2. The maximum Gasteiger partial charge on any atom is 0.262 e. The van der Waals surface area contributed by atoms with Crippen molar-refractivity contribution in [1.29, 1.82) is 0 Å². The van der Waals surface area contributed by atoms with Crippen molar-refractivity contribution in [1.82, 2.24) is 5.16 Å². The van der Waals surface area contributed by atoms with Crippen molar-refractivity contribution < 1.29 is 14.1 Å². The zero-order valence-corrected chi connectivity index (χ0v) is 19.1. The molecule has 0 saturated heterocycles. The van der Waals surface area contributed by atoms with E-state index in [1.54, 1.807) is 6.92 Å². The van der Waals surface area contributed by atoms with Crippen LogP contribution in [0.4, 0.5) is 5.00 Å². The van der Waals surface area contributed by atoms with Crippen LogP contribution in [0.2, 0.25) is 0 Å². The third-order valence-corrected chi connectivity index (χ3v) is 7.27. The highest BCUT2D eigenvalue weighted by Gasteiger charge is 2.34. The summed E-state index contributed by atoms with van der Waals surface area (Å²) in [6, 6.07) is 9.41. The summed E-state index contributed by atoms with van der Waals surface area (Å²) in [6.45, 7) is 8.44. The van der Waals surface area contributed by atoms with Gasteiger partial charge >= 0.3 is 0 Å². The van der Waals surface area contributed by atoms with Crippen molar-refractivity contribution in [3.63, 3.8) is 0 Å². The quantitative estimate of drug-likeness (QED) is 0.585. The largest absolute Gasteiger partial charge is 0.365 e. The van der Waals surface area contributed by atoms with E-state index in [1.807, 2.05) is 30.3 Å². The number of benzene rings is 1. The second-order valence-electron chi connectivity index (χ2n) is 9.16. The van der Waals surface area contributed by atoms with Crippen LogP contribution in [-0.4, -0.2) is 17.0 Å². The molecule has 1 atom stereocenters. The molecule has 3 aromatic rings. The SMILES string of the molecule is Cc1onc(-c2ccccc2)c1C(=O)Nc1sc2c(c1C(N)=O)CC[C@H](C(C)(C)C)C2. The number of anilines is 1. The standard InChI is InChI=1S/C24H27N3O3S/c1-13-18(20(27-30-13)14-8-6-5-7-9-14)22(29)26-23-19(21(25)28)16-11-10-15(24(2,3)4)12-17(16)31-23/h5-9,15H,10-12H2,1-4H3,(H2,25,28)(H,26,29)/t15-/m0/s1. The summed E-state index contributed by atoms with van der Waals surface area (Å²) in [7, 11) is 0. The van der Waals surface area contributed by atoms with Crippen molar-refractivity contribution in [2.45, 2.75) is 47.0 Å². The lowest BCUT2D eigenvalue weighted by molar-refractivity contribution is 0.1000. The topological polar surface area (TPSA) is 98.2 Å². The molecular weight excluding hydrogens is 410 g/mol. The first-order chi connectivity index (χ1) is 14.7. The van der Waals surface area contributed by atoms with Crippen LogP contribution >= 0.6 is 11.3 Å². The van der Waals surface area contributed by atoms with Crippen LogP contribution in [0.5, 0.6) is 0 Å². The Bertz CT molecular complexity index is 1140. The van der Waals surface area contributed by atoms with Gasteiger partial charge in [-0.2, -0.15) is 0 Å². The van der Waals surface area contributed by atoms with E-state index in [2.05, 4.69) is 31.2 Å². The zero-order chi connectivity index (χ0) is 22.3. The molecule has 0 radical (unpaired) electrons. The number of thiophene rings is 1. The van der Waals surface area contributed by atoms with Gasteiger partial charge in [0, 0.05) is 10.4 Å². The van der Waals surface area contributed by atoms with Crippen LogP contribution in [0, 0.1) is 18.3 Å². The average molecular weight is 438 g/mol. The Balaban J connectivity index is 1.69. The summed E-state index contributed by atoms with van der Waals surface area (Å²) in [5.74, 6) is 0.0810. The first-order valence-corrected chi connectivity index (χ1v) is 11.3. The lowest BCUT2D eigenvalue weighted by Gasteiger charge is -2.33. The molecule has 2 heterocycles. The molecule has 31 heavy (non-hydrogen) atoms. The molecule has 7 heteroatoms. The number of nitrogens with one attached hydrogen (secondary N) is 1. The first kappa shape index (κ1) is 21.3. The summed E-state index contributed by atoms with van der Waals surface area (Å²) >= 11 is 1.46. The highest BCUT2D eigenvalue weighted by atomic mass is 32.1. The predicted octanol–water partition coefficient (Wildman–Crippen LogP) is 5.21. The third kappa shape index (κ3) is 4.02. The van der Waals surface area contributed by atoms with Crippen LogP contribution in [-0.2, 0) is 12.8 Å². The van der Waals surface area contributed by atoms with Crippen molar-refractivity contribution in [3.8, 4) is 11.3 Å². The maximum absolute atomic E-state index is 13.2. The molecule has 162 valence electrons. The van der Waals surface area contributed by atoms with Crippen molar-refractivity contribution in [2.24, 2.45) is 17.1 Å². The molecule has 0 unspecified atom stereocenters. The number of aryl methyl sites for hydroxylation is 1. The smallest absolute Gasteiger partial charge is 0.262 e. The maximum atomic E-state index is 13.2. The molecule has 0 aliphatic heterocycles. The van der Waals surface area contributed by atoms with Gasteiger partial charge in [0.05, 0.1) is 5.56 Å². The number of hydrogen-bond acceptors (Lipinski definition) is 5. The van der Waals surface area contributed by atoms with E-state index < -0.39 is 5.91 Å². The summed E-state index contributed by atoms with van der Waals surface area (Å²) in [5, 5.41) is 7.53. The second-order valence-corrected chi connectivity index (χ2v) is 10.3. The second kappa shape index (κ2) is 7.96. The van der Waals surface area contributed by atoms with E-state index in [1.165, 1.54) is 11.3 Å². The molecule has 0 bridgehead atoms. The minimum Gasteiger partial charge on any atom is -0.365 e. The Morgan fingerprint density at radius 3 is 2.55 bits per heavy atom. The summed E-state index contributed by atoms with van der Waals surface area (Å²) in [6.07, 6.45) is 2.69. The molecule has 0 fully saturated rings. The van der Waals surface area contributed by atoms with Gasteiger partial charge in [-0.1, -0.05) is 56.3 Å². The van der Waals surface area contributed by atoms with Gasteiger partial charge in [-0.05, 0) is 43.1 Å². The van der Waals surface area contributed by atoms with Gasteiger partial charge in [0.1, 0.15) is 22.0 Å². The molecule has 0 spiro atoms. The predicted molar refractivity (Wildman–Crippen MR) is 122 cm³/mol. The van der Waals surface area contributed by atoms with E-state index in [9.17, 15) is 9.59 Å². The number of hydrogen-bond donors (Lipinski definition) is 2. The van der Waals surface area contributed by atoms with Crippen LogP contribution in [0.3, 0.4) is 0 Å². The minimum atomic E-state index is -0.507. The fourth-order valence-corrected chi connectivity index (χ4v) is 5.60. The highest BCUT2D eigenvalue weighted by Crippen LogP contribution is 2.44. The molecule has 3 N–H and O–H groups in total.